The van der Waals surface area contributed by atoms with Crippen LogP contribution in [0.15, 0.2) is 12.2 Å². The molecular weight excluding hydrogens is 258 g/mol. The molecule has 0 aliphatic carbocycles. The number of aliphatic carboxylic acids is 2. The molecule has 0 bridgehead atoms. The van der Waals surface area contributed by atoms with Gasteiger partial charge in [0.25, 0.3) is 0 Å². The van der Waals surface area contributed by atoms with Crippen LogP contribution in [0, 0.1) is 0 Å². The number of hydrogen-bond acceptors (Lipinski definition) is 6. The standard InChI is InChI=1S/C7H8O6.2K/c1-3(2)7(12)13-4(5(8)9)6(10)11;;/h4H,1H2,2H3,(H,8,9)(H,10,11);;/q;2*+1/p-2. The smallest absolute Gasteiger partial charge is 0.546 e. The second-order valence-corrected chi connectivity index (χ2v) is 2.20. The maximum atomic E-state index is 10.7. The summed E-state index contributed by atoms with van der Waals surface area (Å²) in [7, 11) is 0. The fourth-order valence-corrected chi connectivity index (χ4v) is 0.400. The molecule has 0 aromatic carbocycles. The molecule has 0 saturated carbocycles. The summed E-state index contributed by atoms with van der Waals surface area (Å²) in [5.74, 6) is -5.22. The van der Waals surface area contributed by atoms with E-state index in [1.165, 1.54) is 6.92 Å². The molecule has 72 valence electrons. The Morgan fingerprint density at radius 1 is 1.13 bits per heavy atom. The third kappa shape index (κ3) is 9.15. The minimum Gasteiger partial charge on any atom is -0.546 e. The fourth-order valence-electron chi connectivity index (χ4n) is 0.400. The van der Waals surface area contributed by atoms with Crippen molar-refractivity contribution in [3.8, 4) is 0 Å². The second-order valence-electron chi connectivity index (χ2n) is 2.20. The summed E-state index contributed by atoms with van der Waals surface area (Å²) in [4.78, 5) is 30.8. The summed E-state index contributed by atoms with van der Waals surface area (Å²) in [6.07, 6.45) is -2.40. The molecule has 0 saturated heterocycles. The topological polar surface area (TPSA) is 107 Å². The monoisotopic (exact) mass is 264 g/mol. The van der Waals surface area contributed by atoms with Crippen LogP contribution in [0.25, 0.3) is 0 Å². The van der Waals surface area contributed by atoms with Gasteiger partial charge in [0, 0.05) is 5.57 Å². The van der Waals surface area contributed by atoms with E-state index in [1.807, 2.05) is 0 Å². The molecule has 0 aromatic heterocycles. The van der Waals surface area contributed by atoms with E-state index in [0.29, 0.717) is 0 Å². The van der Waals surface area contributed by atoms with Gasteiger partial charge in [-0.2, -0.15) is 0 Å². The van der Waals surface area contributed by atoms with Gasteiger partial charge in [0.15, 0.2) is 6.10 Å². The molecule has 0 spiro atoms. The summed E-state index contributed by atoms with van der Waals surface area (Å²) in [6.45, 7) is 4.37. The van der Waals surface area contributed by atoms with Crippen LogP contribution in [0.2, 0.25) is 0 Å². The Morgan fingerprint density at radius 3 is 1.67 bits per heavy atom. The van der Waals surface area contributed by atoms with Crippen LogP contribution in [0.3, 0.4) is 0 Å². The Bertz CT molecular complexity index is 261. The van der Waals surface area contributed by atoms with E-state index in [2.05, 4.69) is 11.3 Å². The van der Waals surface area contributed by atoms with Gasteiger partial charge in [-0.3, -0.25) is 0 Å². The van der Waals surface area contributed by atoms with Crippen molar-refractivity contribution in [2.24, 2.45) is 0 Å². The number of ether oxygens (including phenoxy) is 1. The Kier molecular flexibility index (Phi) is 15.3. The van der Waals surface area contributed by atoms with E-state index in [-0.39, 0.29) is 108 Å². The first-order valence-corrected chi connectivity index (χ1v) is 3.14. The van der Waals surface area contributed by atoms with Crippen molar-refractivity contribution >= 4 is 17.9 Å². The molecule has 6 nitrogen and oxygen atoms in total. The zero-order valence-corrected chi connectivity index (χ0v) is 15.0. The van der Waals surface area contributed by atoms with Gasteiger partial charge >= 0.3 is 109 Å². The first-order chi connectivity index (χ1) is 5.86. The van der Waals surface area contributed by atoms with Crippen molar-refractivity contribution in [3.05, 3.63) is 12.2 Å². The molecular formula is C7H6K2O6. The van der Waals surface area contributed by atoms with Gasteiger partial charge in [-0.05, 0) is 6.92 Å². The summed E-state index contributed by atoms with van der Waals surface area (Å²) in [5.41, 5.74) is -0.118. The summed E-state index contributed by atoms with van der Waals surface area (Å²) < 4.78 is 3.97. The van der Waals surface area contributed by atoms with Crippen molar-refractivity contribution < 1.29 is 132 Å². The van der Waals surface area contributed by atoms with E-state index in [1.54, 1.807) is 0 Å². The molecule has 8 heteroatoms. The van der Waals surface area contributed by atoms with E-state index in [0.717, 1.165) is 0 Å². The number of carbonyl (C=O) groups excluding carboxylic acids is 3. The van der Waals surface area contributed by atoms with Crippen molar-refractivity contribution in [2.75, 3.05) is 0 Å². The van der Waals surface area contributed by atoms with E-state index >= 15 is 0 Å². The molecule has 0 unspecified atom stereocenters. The largest absolute Gasteiger partial charge is 1.00 e. The third-order valence-corrected chi connectivity index (χ3v) is 1.00. The van der Waals surface area contributed by atoms with Gasteiger partial charge in [0.1, 0.15) is 0 Å². The predicted octanol–water partition coefficient (Wildman–Crippen LogP) is -9.02. The maximum Gasteiger partial charge on any atom is 1.00 e. The number of carboxylic acids is 2. The Labute approximate surface area is 171 Å². The Balaban J connectivity index is -0.000000720. The van der Waals surface area contributed by atoms with Gasteiger partial charge < -0.3 is 24.5 Å². The average Bonchev–Trinajstić information content (AvgIpc) is 1.97. The number of carboxylic acid groups (broad SMARTS) is 2. The minimum absolute atomic E-state index is 0. The van der Waals surface area contributed by atoms with Crippen molar-refractivity contribution in [3.63, 3.8) is 0 Å². The van der Waals surface area contributed by atoms with Gasteiger partial charge in [0.2, 0.25) is 0 Å². The number of rotatable bonds is 4. The average molecular weight is 264 g/mol. The quantitative estimate of drug-likeness (QED) is 0.216. The molecule has 0 heterocycles. The first kappa shape index (κ1) is 21.7. The van der Waals surface area contributed by atoms with Crippen LogP contribution in [-0.2, 0) is 19.1 Å². The predicted molar refractivity (Wildman–Crippen MR) is 34.7 cm³/mol. The van der Waals surface area contributed by atoms with Gasteiger partial charge in [-0.25, -0.2) is 4.79 Å². The Hall–Kier alpha value is 1.42. The molecule has 15 heavy (non-hydrogen) atoms. The van der Waals surface area contributed by atoms with E-state index in [4.69, 9.17) is 0 Å². The van der Waals surface area contributed by atoms with Crippen LogP contribution < -0.4 is 113 Å². The van der Waals surface area contributed by atoms with Gasteiger partial charge in [0.05, 0.1) is 11.9 Å². The summed E-state index contributed by atoms with van der Waals surface area (Å²) in [6, 6.07) is 0. The zero-order chi connectivity index (χ0) is 10.6. The van der Waals surface area contributed by atoms with Crippen molar-refractivity contribution in [2.45, 2.75) is 13.0 Å². The molecule has 0 amide bonds. The molecule has 0 rings (SSSR count). The summed E-state index contributed by atoms with van der Waals surface area (Å²) in [5, 5.41) is 20.1. The second kappa shape index (κ2) is 10.6. The normalized spacial score (nSPS) is 8.13. The molecule has 0 N–H and O–H groups in total. The first-order valence-electron chi connectivity index (χ1n) is 3.14. The molecule has 0 aromatic rings. The van der Waals surface area contributed by atoms with Crippen LogP contribution in [0.4, 0.5) is 0 Å². The van der Waals surface area contributed by atoms with Crippen LogP contribution in [-0.4, -0.2) is 24.0 Å². The van der Waals surface area contributed by atoms with Crippen molar-refractivity contribution in [1.82, 2.24) is 0 Å². The van der Waals surface area contributed by atoms with Crippen LogP contribution in [0.5, 0.6) is 0 Å². The number of esters is 1. The number of hydrogen-bond donors (Lipinski definition) is 0. The van der Waals surface area contributed by atoms with Gasteiger partial charge in [-0.15, -0.1) is 0 Å². The van der Waals surface area contributed by atoms with Crippen LogP contribution in [0.1, 0.15) is 6.92 Å². The molecule has 0 aliphatic heterocycles. The Morgan fingerprint density at radius 2 is 1.47 bits per heavy atom. The van der Waals surface area contributed by atoms with E-state index in [9.17, 15) is 24.6 Å². The minimum atomic E-state index is -2.40. The van der Waals surface area contributed by atoms with E-state index < -0.39 is 24.0 Å². The molecule has 0 fully saturated rings. The summed E-state index contributed by atoms with van der Waals surface area (Å²) >= 11 is 0. The van der Waals surface area contributed by atoms with Crippen LogP contribution >= 0.6 is 0 Å². The third-order valence-electron chi connectivity index (χ3n) is 1.00. The molecule has 0 aliphatic rings. The number of carbonyl (C=O) groups is 3. The molecule has 0 atom stereocenters. The van der Waals surface area contributed by atoms with Crippen molar-refractivity contribution in [1.29, 1.82) is 0 Å². The maximum absolute atomic E-state index is 10.7. The zero-order valence-electron chi connectivity index (χ0n) is 8.73. The SMILES string of the molecule is C=C(C)C(=O)OC(C(=O)[O-])C(=O)[O-].[K+].[K+]. The molecule has 0 radical (unpaired) electrons. The van der Waals surface area contributed by atoms with Gasteiger partial charge in [-0.1, -0.05) is 6.58 Å². The fraction of sp³-hybridized carbons (Fsp3) is 0.286.